The molecule has 1 saturated heterocycles. The van der Waals surface area contributed by atoms with Gasteiger partial charge in [-0.2, -0.15) is 18.3 Å². The molecule has 4 N–H and O–H groups in total. The van der Waals surface area contributed by atoms with E-state index in [-0.39, 0.29) is 47.6 Å². The van der Waals surface area contributed by atoms with Crippen LogP contribution in [0, 0.1) is 19.3 Å². The van der Waals surface area contributed by atoms with E-state index in [1.165, 1.54) is 24.0 Å². The van der Waals surface area contributed by atoms with E-state index in [1.807, 2.05) is 0 Å². The Hall–Kier alpha value is -4.84. The predicted molar refractivity (Wildman–Crippen MR) is 154 cm³/mol. The van der Waals surface area contributed by atoms with Gasteiger partial charge < -0.3 is 30.7 Å². The van der Waals surface area contributed by atoms with Gasteiger partial charge in [-0.15, -0.1) is 6.42 Å². The van der Waals surface area contributed by atoms with E-state index < -0.39 is 17.8 Å². The molecule has 3 heterocycles. The monoisotopic (exact) mass is 611 g/mol. The van der Waals surface area contributed by atoms with Crippen LogP contribution in [0.25, 0.3) is 11.3 Å². The standard InChI is InChI=1S/C29H32F3N9O3/c1-4-7-41-16-22(24(37-41)29(30,31)32)23-15-34-25(38(23)3)26(42)35-19-5-6-21(17(2)12-19)27(43)39-8-10-40(11-9-39)28(44)36-20-13-18(33)14-20/h1,5-6,12,15-16,18,20H,7-11,13-14,33H2,2-3H3,(H,35,42)(H,36,44)/t18-,20+. The molecule has 12 nitrogen and oxygen atoms in total. The van der Waals surface area contributed by atoms with E-state index in [0.717, 1.165) is 17.5 Å². The van der Waals surface area contributed by atoms with Crippen molar-refractivity contribution in [3.8, 4) is 23.6 Å². The number of hydrogen-bond donors (Lipinski definition) is 3. The first-order valence-corrected chi connectivity index (χ1v) is 14.0. The summed E-state index contributed by atoms with van der Waals surface area (Å²) in [4.78, 5) is 46.2. The average Bonchev–Trinajstić information content (AvgIpc) is 3.55. The molecule has 4 amide bonds. The summed E-state index contributed by atoms with van der Waals surface area (Å²) in [7, 11) is 1.43. The molecule has 1 aromatic carbocycles. The minimum absolute atomic E-state index is 0.0349. The van der Waals surface area contributed by atoms with Crippen LogP contribution in [0.1, 0.15) is 45.1 Å². The Balaban J connectivity index is 1.22. The maximum atomic E-state index is 13.6. The van der Waals surface area contributed by atoms with Gasteiger partial charge in [-0.3, -0.25) is 14.3 Å². The van der Waals surface area contributed by atoms with Crippen LogP contribution in [0.4, 0.5) is 23.7 Å². The maximum Gasteiger partial charge on any atom is 0.435 e. The summed E-state index contributed by atoms with van der Waals surface area (Å²) in [5.41, 5.74) is 5.87. The third-order valence-electron chi connectivity index (χ3n) is 7.82. The highest BCUT2D eigenvalue weighted by Crippen LogP contribution is 2.36. The largest absolute Gasteiger partial charge is 0.435 e. The Kier molecular flexibility index (Phi) is 8.38. The molecule has 2 aliphatic rings. The number of anilines is 1. The molecular weight excluding hydrogens is 579 g/mol. The van der Waals surface area contributed by atoms with Crippen LogP contribution in [0.2, 0.25) is 0 Å². The Bertz CT molecular complexity index is 1620. The fourth-order valence-corrected chi connectivity index (χ4v) is 5.36. The number of carbonyl (C=O) groups excluding carboxylic acids is 3. The van der Waals surface area contributed by atoms with Crippen LogP contribution in [-0.4, -0.2) is 85.2 Å². The van der Waals surface area contributed by atoms with E-state index >= 15 is 0 Å². The zero-order chi connectivity index (χ0) is 31.8. The molecule has 1 aliphatic heterocycles. The maximum absolute atomic E-state index is 13.6. The number of halogens is 3. The number of aromatic nitrogens is 4. The van der Waals surface area contributed by atoms with Crippen LogP contribution in [-0.2, 0) is 19.8 Å². The number of nitrogens with two attached hydrogens (primary N) is 1. The minimum Gasteiger partial charge on any atom is -0.335 e. The third kappa shape index (κ3) is 6.25. The lowest BCUT2D eigenvalue weighted by Gasteiger charge is -2.38. The summed E-state index contributed by atoms with van der Waals surface area (Å²) < 4.78 is 43.2. The predicted octanol–water partition coefficient (Wildman–Crippen LogP) is 2.45. The van der Waals surface area contributed by atoms with Gasteiger partial charge >= 0.3 is 12.2 Å². The van der Waals surface area contributed by atoms with E-state index in [9.17, 15) is 27.6 Å². The number of alkyl halides is 3. The number of nitrogens with one attached hydrogen (secondary N) is 2. The zero-order valence-electron chi connectivity index (χ0n) is 24.2. The summed E-state index contributed by atoms with van der Waals surface area (Å²) in [6, 6.07) is 4.90. The van der Waals surface area contributed by atoms with Crippen LogP contribution in [0.5, 0.6) is 0 Å². The molecule has 1 saturated carbocycles. The number of amides is 4. The fraction of sp³-hybridized carbons (Fsp3) is 0.414. The Morgan fingerprint density at radius 1 is 1.14 bits per heavy atom. The Morgan fingerprint density at radius 3 is 2.43 bits per heavy atom. The zero-order valence-corrected chi connectivity index (χ0v) is 24.2. The summed E-state index contributed by atoms with van der Waals surface area (Å²) >= 11 is 0. The van der Waals surface area contributed by atoms with Crippen LogP contribution in [0.3, 0.4) is 0 Å². The van der Waals surface area contributed by atoms with E-state index in [1.54, 1.807) is 34.9 Å². The number of imidazole rings is 1. The van der Waals surface area contributed by atoms with Crippen molar-refractivity contribution in [3.63, 3.8) is 0 Å². The van der Waals surface area contributed by atoms with Crippen LogP contribution < -0.4 is 16.4 Å². The molecular formula is C29H32F3N9O3. The highest BCUT2D eigenvalue weighted by atomic mass is 19.4. The molecule has 0 unspecified atom stereocenters. The molecule has 44 heavy (non-hydrogen) atoms. The fourth-order valence-electron chi connectivity index (χ4n) is 5.36. The van der Waals surface area contributed by atoms with Gasteiger partial charge in [-0.1, -0.05) is 5.92 Å². The molecule has 0 radical (unpaired) electrons. The number of nitrogens with zero attached hydrogens (tertiary/aromatic N) is 6. The normalized spacial score (nSPS) is 18.4. The summed E-state index contributed by atoms with van der Waals surface area (Å²) in [6.45, 7) is 3.16. The van der Waals surface area contributed by atoms with E-state index in [2.05, 4.69) is 26.6 Å². The highest BCUT2D eigenvalue weighted by Gasteiger charge is 2.38. The number of rotatable bonds is 6. The number of urea groups is 1. The van der Waals surface area contributed by atoms with Gasteiger partial charge in [0, 0.05) is 62.8 Å². The molecule has 3 aromatic rings. The van der Waals surface area contributed by atoms with Gasteiger partial charge in [-0.25, -0.2) is 9.78 Å². The van der Waals surface area contributed by atoms with Crippen molar-refractivity contribution in [2.45, 2.75) is 44.6 Å². The number of benzene rings is 1. The first kappa shape index (κ1) is 30.6. The lowest BCUT2D eigenvalue weighted by atomic mass is 9.88. The van der Waals surface area contributed by atoms with Crippen molar-refractivity contribution in [1.82, 2.24) is 34.4 Å². The van der Waals surface area contributed by atoms with Crippen LogP contribution in [0.15, 0.2) is 30.6 Å². The molecule has 232 valence electrons. The minimum atomic E-state index is -4.74. The number of terminal acetylenes is 1. The summed E-state index contributed by atoms with van der Waals surface area (Å²) in [6.07, 6.45) is 4.35. The second-order valence-corrected chi connectivity index (χ2v) is 11.0. The Morgan fingerprint density at radius 2 is 1.82 bits per heavy atom. The Labute approximate surface area is 251 Å². The highest BCUT2D eigenvalue weighted by molar-refractivity contribution is 6.03. The SMILES string of the molecule is C#CCn1cc(-c2cnc(C(=O)Nc3ccc(C(=O)N4CCN(C(=O)N[C@H]5C[C@@H](N)C5)CC4)c(C)c3)n2C)c(C(F)(F)F)n1. The van der Waals surface area contributed by atoms with Gasteiger partial charge in [0.2, 0.25) is 0 Å². The number of piperazine rings is 1. The first-order chi connectivity index (χ1) is 20.8. The third-order valence-corrected chi connectivity index (χ3v) is 7.82. The second-order valence-electron chi connectivity index (χ2n) is 11.0. The van der Waals surface area contributed by atoms with Crippen LogP contribution >= 0.6 is 0 Å². The van der Waals surface area contributed by atoms with Crippen molar-refractivity contribution in [2.75, 3.05) is 31.5 Å². The molecule has 5 rings (SSSR count). The van der Waals surface area contributed by atoms with Crippen molar-refractivity contribution in [2.24, 2.45) is 12.8 Å². The molecule has 1 aliphatic carbocycles. The summed E-state index contributed by atoms with van der Waals surface area (Å²) in [5.74, 6) is 1.28. The lowest BCUT2D eigenvalue weighted by Crippen LogP contribution is -2.57. The second kappa shape index (κ2) is 12.0. The smallest absolute Gasteiger partial charge is 0.335 e. The quantitative estimate of drug-likeness (QED) is 0.366. The number of carbonyl (C=O) groups is 3. The molecule has 2 aromatic heterocycles. The molecule has 0 atom stereocenters. The van der Waals surface area contributed by atoms with Crippen molar-refractivity contribution in [1.29, 1.82) is 0 Å². The number of hydrogen-bond acceptors (Lipinski definition) is 6. The topological polar surface area (TPSA) is 143 Å². The molecule has 0 bridgehead atoms. The molecule has 15 heteroatoms. The van der Waals surface area contributed by atoms with Crippen molar-refractivity contribution in [3.05, 3.63) is 53.2 Å². The van der Waals surface area contributed by atoms with E-state index in [4.69, 9.17) is 12.2 Å². The lowest BCUT2D eigenvalue weighted by molar-refractivity contribution is -0.141. The molecule has 2 fully saturated rings. The van der Waals surface area contributed by atoms with Gasteiger partial charge in [0.25, 0.3) is 11.8 Å². The number of aryl methyl sites for hydroxylation is 1. The van der Waals surface area contributed by atoms with Gasteiger partial charge in [0.1, 0.15) is 6.54 Å². The van der Waals surface area contributed by atoms with Gasteiger partial charge in [0.15, 0.2) is 11.5 Å². The van der Waals surface area contributed by atoms with E-state index in [0.29, 0.717) is 43.0 Å². The van der Waals surface area contributed by atoms with Gasteiger partial charge in [0.05, 0.1) is 17.5 Å². The summed E-state index contributed by atoms with van der Waals surface area (Å²) in [5, 5.41) is 9.22. The van der Waals surface area contributed by atoms with Crippen molar-refractivity contribution >= 4 is 23.5 Å². The molecule has 0 spiro atoms. The van der Waals surface area contributed by atoms with Crippen molar-refractivity contribution < 1.29 is 27.6 Å². The average molecular weight is 612 g/mol. The first-order valence-electron chi connectivity index (χ1n) is 14.0. The van der Waals surface area contributed by atoms with Gasteiger partial charge in [-0.05, 0) is 43.5 Å².